The highest BCUT2D eigenvalue weighted by Crippen LogP contribution is 2.33. The van der Waals surface area contributed by atoms with E-state index < -0.39 is 5.82 Å². The summed E-state index contributed by atoms with van der Waals surface area (Å²) in [6.07, 6.45) is 5.87. The molecule has 1 saturated carbocycles. The maximum atomic E-state index is 12.7. The van der Waals surface area contributed by atoms with Gasteiger partial charge in [0.25, 0.3) is 0 Å². The normalized spacial score (nSPS) is 22.6. The Morgan fingerprint density at radius 1 is 1.37 bits per heavy atom. The second kappa shape index (κ2) is 5.11. The smallest absolute Gasteiger partial charge is 0.316 e. The highest BCUT2D eigenvalue weighted by atomic mass is 19.1. The van der Waals surface area contributed by atoms with Crippen LogP contribution in [0.15, 0.2) is 12.4 Å². The molecule has 0 aromatic carbocycles. The van der Waals surface area contributed by atoms with Crippen molar-refractivity contribution in [2.75, 3.05) is 13.1 Å². The molecule has 0 radical (unpaired) electrons. The highest BCUT2D eigenvalue weighted by molar-refractivity contribution is 5.77. The molecule has 102 valence electrons. The van der Waals surface area contributed by atoms with E-state index in [4.69, 9.17) is 4.74 Å². The number of halogens is 1. The number of ether oxygens (including phenoxy) is 1. The molecule has 0 bridgehead atoms. The minimum absolute atomic E-state index is 0.0892. The van der Waals surface area contributed by atoms with Gasteiger partial charge in [-0.3, -0.25) is 4.79 Å². The van der Waals surface area contributed by atoms with E-state index in [-0.39, 0.29) is 18.0 Å². The fraction of sp³-hybridized carbons (Fsp3) is 0.615. The molecule has 19 heavy (non-hydrogen) atoms. The number of rotatable bonds is 4. The molecule has 0 spiro atoms. The molecule has 1 aliphatic heterocycles. The molecule has 1 aromatic rings. The predicted molar refractivity (Wildman–Crippen MR) is 64.9 cm³/mol. The first-order valence-corrected chi connectivity index (χ1v) is 6.62. The molecule has 1 aromatic heterocycles. The van der Waals surface area contributed by atoms with Crippen molar-refractivity contribution in [1.82, 2.24) is 14.9 Å². The van der Waals surface area contributed by atoms with Crippen LogP contribution in [0.4, 0.5) is 4.39 Å². The number of amides is 1. The molecule has 2 fully saturated rings. The van der Waals surface area contributed by atoms with Crippen molar-refractivity contribution in [3.8, 4) is 6.01 Å². The van der Waals surface area contributed by atoms with Crippen LogP contribution in [0.25, 0.3) is 0 Å². The number of likely N-dealkylation sites (tertiary alicyclic amines) is 1. The van der Waals surface area contributed by atoms with Gasteiger partial charge in [-0.15, -0.1) is 0 Å². The van der Waals surface area contributed by atoms with E-state index >= 15 is 0 Å². The number of carbonyl (C=O) groups excluding carboxylic acids is 1. The molecular formula is C13H16FN3O2. The van der Waals surface area contributed by atoms with Crippen LogP contribution in [-0.4, -0.2) is 40.0 Å². The molecule has 2 heterocycles. The van der Waals surface area contributed by atoms with Crippen molar-refractivity contribution in [3.05, 3.63) is 18.2 Å². The van der Waals surface area contributed by atoms with Gasteiger partial charge in [0.15, 0.2) is 5.82 Å². The van der Waals surface area contributed by atoms with Crippen LogP contribution in [0.1, 0.15) is 25.7 Å². The summed E-state index contributed by atoms with van der Waals surface area (Å²) in [7, 11) is 0. The molecule has 1 saturated heterocycles. The van der Waals surface area contributed by atoms with Crippen molar-refractivity contribution < 1.29 is 13.9 Å². The van der Waals surface area contributed by atoms with Gasteiger partial charge in [0.2, 0.25) is 5.91 Å². The van der Waals surface area contributed by atoms with E-state index in [0.29, 0.717) is 18.9 Å². The lowest BCUT2D eigenvalue weighted by molar-refractivity contribution is -0.130. The van der Waals surface area contributed by atoms with Crippen LogP contribution < -0.4 is 4.74 Å². The summed E-state index contributed by atoms with van der Waals surface area (Å²) in [6, 6.07) is 0.169. The van der Waals surface area contributed by atoms with Crippen molar-refractivity contribution in [2.45, 2.75) is 31.8 Å². The van der Waals surface area contributed by atoms with Crippen LogP contribution in [0.5, 0.6) is 6.01 Å². The average molecular weight is 265 g/mol. The van der Waals surface area contributed by atoms with Gasteiger partial charge in [0.05, 0.1) is 18.9 Å². The van der Waals surface area contributed by atoms with Gasteiger partial charge in [-0.2, -0.15) is 0 Å². The fourth-order valence-corrected chi connectivity index (χ4v) is 2.26. The van der Waals surface area contributed by atoms with E-state index in [0.717, 1.165) is 25.4 Å². The SMILES string of the molecule is O=C(CC1CC1)N1CC[C@H](Oc2ncc(F)cn2)C1. The molecule has 3 rings (SSSR count). The topological polar surface area (TPSA) is 55.3 Å². The summed E-state index contributed by atoms with van der Waals surface area (Å²) in [5, 5.41) is 0. The minimum Gasteiger partial charge on any atom is -0.458 e. The van der Waals surface area contributed by atoms with Crippen molar-refractivity contribution in [3.63, 3.8) is 0 Å². The number of aromatic nitrogens is 2. The molecule has 5 nitrogen and oxygen atoms in total. The van der Waals surface area contributed by atoms with Gasteiger partial charge in [0, 0.05) is 19.4 Å². The number of carbonyl (C=O) groups is 1. The Kier molecular flexibility index (Phi) is 3.31. The third-order valence-electron chi connectivity index (χ3n) is 3.53. The largest absolute Gasteiger partial charge is 0.458 e. The monoisotopic (exact) mass is 265 g/mol. The standard InChI is InChI=1S/C13H16FN3O2/c14-10-6-15-13(16-7-10)19-11-3-4-17(8-11)12(18)5-9-1-2-9/h6-7,9,11H,1-5,8H2/t11-/m0/s1. The Morgan fingerprint density at radius 3 is 2.79 bits per heavy atom. The summed E-state index contributed by atoms with van der Waals surface area (Å²) >= 11 is 0. The zero-order chi connectivity index (χ0) is 13.2. The third kappa shape index (κ3) is 3.19. The molecule has 1 aliphatic carbocycles. The second-order valence-corrected chi connectivity index (χ2v) is 5.20. The van der Waals surface area contributed by atoms with Crippen LogP contribution in [0.3, 0.4) is 0 Å². The summed E-state index contributed by atoms with van der Waals surface area (Å²) in [6.45, 7) is 1.30. The van der Waals surface area contributed by atoms with E-state index in [1.807, 2.05) is 4.90 Å². The first kappa shape index (κ1) is 12.3. The zero-order valence-electron chi connectivity index (χ0n) is 10.6. The molecule has 0 unspecified atom stereocenters. The summed E-state index contributed by atoms with van der Waals surface area (Å²) in [5.74, 6) is 0.335. The van der Waals surface area contributed by atoms with Gasteiger partial charge in [-0.1, -0.05) is 0 Å². The fourth-order valence-electron chi connectivity index (χ4n) is 2.26. The lowest BCUT2D eigenvalue weighted by Gasteiger charge is -2.16. The van der Waals surface area contributed by atoms with Crippen LogP contribution in [0, 0.1) is 11.7 Å². The predicted octanol–water partition coefficient (Wildman–Crippen LogP) is 1.40. The number of hydrogen-bond donors (Lipinski definition) is 0. The minimum atomic E-state index is -0.486. The second-order valence-electron chi connectivity index (χ2n) is 5.20. The first-order chi connectivity index (χ1) is 9.20. The Balaban J connectivity index is 1.50. The summed E-state index contributed by atoms with van der Waals surface area (Å²) in [5.41, 5.74) is 0. The van der Waals surface area contributed by atoms with Crippen LogP contribution in [0.2, 0.25) is 0 Å². The Hall–Kier alpha value is -1.72. The van der Waals surface area contributed by atoms with E-state index in [1.165, 1.54) is 12.8 Å². The molecule has 1 atom stereocenters. The van der Waals surface area contributed by atoms with E-state index in [9.17, 15) is 9.18 Å². The van der Waals surface area contributed by atoms with Gasteiger partial charge in [0.1, 0.15) is 6.10 Å². The molecule has 6 heteroatoms. The van der Waals surface area contributed by atoms with Crippen LogP contribution in [-0.2, 0) is 4.79 Å². The van der Waals surface area contributed by atoms with E-state index in [1.54, 1.807) is 0 Å². The van der Waals surface area contributed by atoms with Crippen molar-refractivity contribution >= 4 is 5.91 Å². The maximum Gasteiger partial charge on any atom is 0.316 e. The van der Waals surface area contributed by atoms with Gasteiger partial charge in [-0.05, 0) is 18.8 Å². The molecule has 0 N–H and O–H groups in total. The van der Waals surface area contributed by atoms with E-state index in [2.05, 4.69) is 9.97 Å². The number of hydrogen-bond acceptors (Lipinski definition) is 4. The quantitative estimate of drug-likeness (QED) is 0.825. The molecule has 1 amide bonds. The van der Waals surface area contributed by atoms with Crippen molar-refractivity contribution in [2.24, 2.45) is 5.92 Å². The Labute approximate surface area is 110 Å². The summed E-state index contributed by atoms with van der Waals surface area (Å²) < 4.78 is 18.2. The van der Waals surface area contributed by atoms with Crippen molar-refractivity contribution in [1.29, 1.82) is 0 Å². The van der Waals surface area contributed by atoms with Crippen LogP contribution >= 0.6 is 0 Å². The highest BCUT2D eigenvalue weighted by Gasteiger charge is 2.32. The zero-order valence-corrected chi connectivity index (χ0v) is 10.6. The Morgan fingerprint density at radius 2 is 2.11 bits per heavy atom. The van der Waals surface area contributed by atoms with Gasteiger partial charge >= 0.3 is 6.01 Å². The molecular weight excluding hydrogens is 249 g/mol. The lowest BCUT2D eigenvalue weighted by Crippen LogP contribution is -2.31. The lowest BCUT2D eigenvalue weighted by atomic mass is 10.2. The number of nitrogens with zero attached hydrogens (tertiary/aromatic N) is 3. The third-order valence-corrected chi connectivity index (χ3v) is 3.53. The Bertz CT molecular complexity index is 461. The van der Waals surface area contributed by atoms with Gasteiger partial charge < -0.3 is 9.64 Å². The summed E-state index contributed by atoms with van der Waals surface area (Å²) in [4.78, 5) is 21.3. The maximum absolute atomic E-state index is 12.7. The first-order valence-electron chi connectivity index (χ1n) is 6.62. The average Bonchev–Trinajstić information content (AvgIpc) is 3.08. The van der Waals surface area contributed by atoms with Gasteiger partial charge in [-0.25, -0.2) is 14.4 Å². The molecule has 2 aliphatic rings.